The predicted molar refractivity (Wildman–Crippen MR) is 83.8 cm³/mol. The molecule has 20 heavy (non-hydrogen) atoms. The van der Waals surface area contributed by atoms with Crippen LogP contribution in [0.5, 0.6) is 0 Å². The summed E-state index contributed by atoms with van der Waals surface area (Å²) >= 11 is 0. The van der Waals surface area contributed by atoms with E-state index in [1.807, 2.05) is 31.2 Å². The molecule has 0 atom stereocenters. The lowest BCUT2D eigenvalue weighted by molar-refractivity contribution is 0.763. The lowest BCUT2D eigenvalue weighted by atomic mass is 10.1. The largest absolute Gasteiger partial charge is 0.384 e. The summed E-state index contributed by atoms with van der Waals surface area (Å²) in [5, 5.41) is 12.5. The van der Waals surface area contributed by atoms with Crippen molar-refractivity contribution in [3.8, 4) is 6.07 Å². The van der Waals surface area contributed by atoms with E-state index >= 15 is 0 Å². The summed E-state index contributed by atoms with van der Waals surface area (Å²) in [7, 11) is 0. The summed E-state index contributed by atoms with van der Waals surface area (Å²) < 4.78 is 0. The zero-order valence-corrected chi connectivity index (χ0v) is 11.9. The Morgan fingerprint density at radius 1 is 1.00 bits per heavy atom. The van der Waals surface area contributed by atoms with E-state index in [0.29, 0.717) is 0 Å². The van der Waals surface area contributed by atoms with Crippen molar-refractivity contribution >= 4 is 5.69 Å². The number of hydrogen-bond donors (Lipinski definition) is 1. The molecule has 0 aromatic heterocycles. The molecule has 0 aliphatic carbocycles. The highest BCUT2D eigenvalue weighted by molar-refractivity contribution is 5.60. The zero-order chi connectivity index (χ0) is 14.2. The highest BCUT2D eigenvalue weighted by atomic mass is 14.9. The van der Waals surface area contributed by atoms with Crippen LogP contribution in [0.15, 0.2) is 48.5 Å². The number of anilines is 1. The van der Waals surface area contributed by atoms with Crippen LogP contribution in [0.1, 0.15) is 29.5 Å². The third-order valence-electron chi connectivity index (χ3n) is 3.44. The standard InChI is InChI=1S/C18H20N2/c1-15-8-7-12-18(17(15)14-19)20-13-6-5-11-16-9-3-2-4-10-16/h2-4,7-10,12,20H,5-6,11,13H2,1H3. The summed E-state index contributed by atoms with van der Waals surface area (Å²) in [5.74, 6) is 0. The molecule has 0 fully saturated rings. The van der Waals surface area contributed by atoms with Crippen molar-refractivity contribution < 1.29 is 0 Å². The molecule has 0 spiro atoms. The SMILES string of the molecule is Cc1cccc(NCCCCc2ccccc2)c1C#N. The fourth-order valence-electron chi connectivity index (χ4n) is 2.29. The number of aryl methyl sites for hydroxylation is 2. The molecule has 2 nitrogen and oxygen atoms in total. The van der Waals surface area contributed by atoms with Gasteiger partial charge in [-0.3, -0.25) is 0 Å². The van der Waals surface area contributed by atoms with Crippen LogP contribution in [0, 0.1) is 18.3 Å². The summed E-state index contributed by atoms with van der Waals surface area (Å²) in [5.41, 5.74) is 4.13. The fourth-order valence-corrected chi connectivity index (χ4v) is 2.29. The van der Waals surface area contributed by atoms with Gasteiger partial charge in [-0.1, -0.05) is 42.5 Å². The number of rotatable bonds is 6. The summed E-state index contributed by atoms with van der Waals surface area (Å²) in [6.07, 6.45) is 3.37. The Bertz CT molecular complexity index is 582. The van der Waals surface area contributed by atoms with Crippen LogP contribution in [-0.4, -0.2) is 6.54 Å². The molecule has 0 saturated carbocycles. The second-order valence-corrected chi connectivity index (χ2v) is 4.98. The molecule has 2 heteroatoms. The van der Waals surface area contributed by atoms with Gasteiger partial charge in [0.25, 0.3) is 0 Å². The smallest absolute Gasteiger partial charge is 0.102 e. The molecule has 102 valence electrons. The summed E-state index contributed by atoms with van der Waals surface area (Å²) in [6.45, 7) is 2.88. The van der Waals surface area contributed by atoms with E-state index in [1.54, 1.807) is 0 Å². The minimum absolute atomic E-state index is 0.760. The lowest BCUT2D eigenvalue weighted by Crippen LogP contribution is -2.04. The Morgan fingerprint density at radius 3 is 2.55 bits per heavy atom. The Hall–Kier alpha value is -2.27. The van der Waals surface area contributed by atoms with E-state index in [2.05, 4.69) is 35.7 Å². The Balaban J connectivity index is 1.77. The van der Waals surface area contributed by atoms with Crippen LogP contribution < -0.4 is 5.32 Å². The van der Waals surface area contributed by atoms with Crippen molar-refractivity contribution in [1.82, 2.24) is 0 Å². The minimum atomic E-state index is 0.760. The van der Waals surface area contributed by atoms with Gasteiger partial charge in [-0.25, -0.2) is 0 Å². The molecule has 0 aliphatic rings. The maximum Gasteiger partial charge on any atom is 0.102 e. The van der Waals surface area contributed by atoms with Crippen LogP contribution in [-0.2, 0) is 6.42 Å². The predicted octanol–water partition coefficient (Wildman–Crippen LogP) is 4.30. The summed E-state index contributed by atoms with van der Waals surface area (Å²) in [4.78, 5) is 0. The molecule has 2 aromatic rings. The highest BCUT2D eigenvalue weighted by Crippen LogP contribution is 2.18. The maximum atomic E-state index is 9.16. The van der Waals surface area contributed by atoms with Gasteiger partial charge in [-0.2, -0.15) is 5.26 Å². The Kier molecular flexibility index (Phi) is 5.20. The van der Waals surface area contributed by atoms with Crippen LogP contribution in [0.3, 0.4) is 0 Å². The second-order valence-electron chi connectivity index (χ2n) is 4.98. The number of nitrogens with one attached hydrogen (secondary N) is 1. The van der Waals surface area contributed by atoms with Crippen molar-refractivity contribution in [2.24, 2.45) is 0 Å². The topological polar surface area (TPSA) is 35.8 Å². The van der Waals surface area contributed by atoms with E-state index in [9.17, 15) is 0 Å². The van der Waals surface area contributed by atoms with E-state index in [0.717, 1.165) is 42.6 Å². The Morgan fingerprint density at radius 2 is 1.80 bits per heavy atom. The van der Waals surface area contributed by atoms with Gasteiger partial charge >= 0.3 is 0 Å². The number of hydrogen-bond acceptors (Lipinski definition) is 2. The van der Waals surface area contributed by atoms with E-state index in [-0.39, 0.29) is 0 Å². The average molecular weight is 264 g/mol. The molecule has 0 heterocycles. The lowest BCUT2D eigenvalue weighted by Gasteiger charge is -2.09. The third kappa shape index (κ3) is 3.86. The molecule has 0 saturated heterocycles. The van der Waals surface area contributed by atoms with Crippen LogP contribution in [0.25, 0.3) is 0 Å². The molecule has 0 amide bonds. The van der Waals surface area contributed by atoms with Gasteiger partial charge in [-0.05, 0) is 43.4 Å². The molecule has 0 bridgehead atoms. The first-order valence-corrected chi connectivity index (χ1v) is 7.09. The number of unbranched alkanes of at least 4 members (excludes halogenated alkanes) is 1. The van der Waals surface area contributed by atoms with Gasteiger partial charge in [0.15, 0.2) is 0 Å². The first-order valence-electron chi connectivity index (χ1n) is 7.09. The molecule has 0 radical (unpaired) electrons. The van der Waals surface area contributed by atoms with Gasteiger partial charge in [0.05, 0.1) is 11.3 Å². The van der Waals surface area contributed by atoms with Gasteiger partial charge in [-0.15, -0.1) is 0 Å². The van der Waals surface area contributed by atoms with Gasteiger partial charge in [0.2, 0.25) is 0 Å². The molecule has 1 N–H and O–H groups in total. The molecule has 2 rings (SSSR count). The van der Waals surface area contributed by atoms with E-state index in [1.165, 1.54) is 5.56 Å². The molecular formula is C18H20N2. The average Bonchev–Trinajstić information content (AvgIpc) is 2.48. The van der Waals surface area contributed by atoms with Crippen molar-refractivity contribution in [1.29, 1.82) is 5.26 Å². The zero-order valence-electron chi connectivity index (χ0n) is 11.9. The quantitative estimate of drug-likeness (QED) is 0.789. The first kappa shape index (κ1) is 14.1. The van der Waals surface area contributed by atoms with Gasteiger partial charge in [0, 0.05) is 6.54 Å². The number of benzene rings is 2. The van der Waals surface area contributed by atoms with Crippen LogP contribution >= 0.6 is 0 Å². The monoisotopic (exact) mass is 264 g/mol. The fraction of sp³-hybridized carbons (Fsp3) is 0.278. The molecular weight excluding hydrogens is 244 g/mol. The van der Waals surface area contributed by atoms with E-state index in [4.69, 9.17) is 5.26 Å². The normalized spacial score (nSPS) is 10.0. The minimum Gasteiger partial charge on any atom is -0.384 e. The van der Waals surface area contributed by atoms with Crippen molar-refractivity contribution in [2.75, 3.05) is 11.9 Å². The third-order valence-corrected chi connectivity index (χ3v) is 3.44. The van der Waals surface area contributed by atoms with Crippen molar-refractivity contribution in [2.45, 2.75) is 26.2 Å². The maximum absolute atomic E-state index is 9.16. The highest BCUT2D eigenvalue weighted by Gasteiger charge is 2.03. The van der Waals surface area contributed by atoms with Gasteiger partial charge < -0.3 is 5.32 Å². The van der Waals surface area contributed by atoms with Crippen LogP contribution in [0.2, 0.25) is 0 Å². The van der Waals surface area contributed by atoms with Gasteiger partial charge in [0.1, 0.15) is 6.07 Å². The first-order chi connectivity index (χ1) is 9.81. The van der Waals surface area contributed by atoms with Crippen LogP contribution in [0.4, 0.5) is 5.69 Å². The molecule has 0 unspecified atom stereocenters. The molecule has 2 aromatic carbocycles. The molecule has 0 aliphatic heterocycles. The number of nitrogens with zero attached hydrogens (tertiary/aromatic N) is 1. The summed E-state index contributed by atoms with van der Waals surface area (Å²) in [6, 6.07) is 18.8. The Labute approximate surface area is 121 Å². The second kappa shape index (κ2) is 7.35. The van der Waals surface area contributed by atoms with Crippen molar-refractivity contribution in [3.05, 3.63) is 65.2 Å². The number of nitriles is 1. The van der Waals surface area contributed by atoms with Crippen molar-refractivity contribution in [3.63, 3.8) is 0 Å². The van der Waals surface area contributed by atoms with E-state index < -0.39 is 0 Å².